The van der Waals surface area contributed by atoms with Crippen LogP contribution in [0.3, 0.4) is 0 Å². The van der Waals surface area contributed by atoms with E-state index in [2.05, 4.69) is 47.5 Å². The molecule has 5 nitrogen and oxygen atoms in total. The first-order valence-corrected chi connectivity index (χ1v) is 9.39. The maximum atomic E-state index is 12.8. The van der Waals surface area contributed by atoms with Crippen LogP contribution in [0, 0.1) is 5.41 Å². The minimum absolute atomic E-state index is 0.138. The molecule has 4 aliphatic rings. The van der Waals surface area contributed by atoms with Gasteiger partial charge in [-0.3, -0.25) is 4.90 Å². The quantitative estimate of drug-likeness (QED) is 0.631. The van der Waals surface area contributed by atoms with E-state index < -0.39 is 17.5 Å². The zero-order valence-electron chi connectivity index (χ0n) is 15.2. The summed E-state index contributed by atoms with van der Waals surface area (Å²) in [6.45, 7) is 3.96. The van der Waals surface area contributed by atoms with E-state index in [0.29, 0.717) is 5.57 Å². The highest BCUT2D eigenvalue weighted by Crippen LogP contribution is 2.64. The number of esters is 1. The van der Waals surface area contributed by atoms with Crippen LogP contribution in [0.2, 0.25) is 0 Å². The number of nitrogens with one attached hydrogen (secondary N) is 1. The van der Waals surface area contributed by atoms with E-state index in [0.717, 1.165) is 37.3 Å². The van der Waals surface area contributed by atoms with Crippen LogP contribution in [-0.2, 0) is 14.9 Å². The van der Waals surface area contributed by atoms with Crippen LogP contribution in [0.5, 0.6) is 0 Å². The Morgan fingerprint density at radius 3 is 3.00 bits per heavy atom. The van der Waals surface area contributed by atoms with Crippen molar-refractivity contribution in [2.24, 2.45) is 5.41 Å². The van der Waals surface area contributed by atoms with Crippen LogP contribution in [0.4, 0.5) is 5.69 Å². The molecule has 0 amide bonds. The first kappa shape index (κ1) is 16.1. The molecule has 1 aromatic carbocycles. The Morgan fingerprint density at radius 2 is 2.23 bits per heavy atom. The van der Waals surface area contributed by atoms with Crippen molar-refractivity contribution in [1.29, 1.82) is 0 Å². The molecule has 1 aliphatic carbocycles. The van der Waals surface area contributed by atoms with Gasteiger partial charge in [0.2, 0.25) is 0 Å². The molecule has 0 aromatic heterocycles. The summed E-state index contributed by atoms with van der Waals surface area (Å²) in [4.78, 5) is 15.2. The van der Waals surface area contributed by atoms with Crippen molar-refractivity contribution in [1.82, 2.24) is 4.90 Å². The number of rotatable bonds is 2. The van der Waals surface area contributed by atoms with E-state index >= 15 is 0 Å². The summed E-state index contributed by atoms with van der Waals surface area (Å²) in [7, 11) is 1.39. The molecule has 1 spiro atoms. The van der Waals surface area contributed by atoms with Gasteiger partial charge in [0.25, 0.3) is 0 Å². The number of hydrogen-bond donors (Lipinski definition) is 2. The summed E-state index contributed by atoms with van der Waals surface area (Å²) >= 11 is 0. The second-order valence-electron chi connectivity index (χ2n) is 7.84. The molecule has 5 rings (SSSR count). The zero-order valence-corrected chi connectivity index (χ0v) is 15.2. The van der Waals surface area contributed by atoms with Gasteiger partial charge in [-0.15, -0.1) is 0 Å². The van der Waals surface area contributed by atoms with E-state index in [9.17, 15) is 9.90 Å². The van der Waals surface area contributed by atoms with Crippen molar-refractivity contribution in [3.05, 3.63) is 53.3 Å². The van der Waals surface area contributed by atoms with E-state index in [1.165, 1.54) is 12.7 Å². The summed E-state index contributed by atoms with van der Waals surface area (Å²) < 4.78 is 5.10. The Hall–Kier alpha value is -2.11. The van der Waals surface area contributed by atoms with E-state index in [1.54, 1.807) is 0 Å². The number of nitrogens with zero attached hydrogens (tertiary/aromatic N) is 1. The predicted molar refractivity (Wildman–Crippen MR) is 98.6 cm³/mol. The number of carbonyl (C=O) groups is 1. The Bertz CT molecular complexity index is 861. The third-order valence-electron chi connectivity index (χ3n) is 7.09. The molecular weight excluding hydrogens is 328 g/mol. The minimum atomic E-state index is -0.882. The predicted octanol–water partition coefficient (Wildman–Crippen LogP) is 2.19. The van der Waals surface area contributed by atoms with Crippen LogP contribution in [-0.4, -0.2) is 48.3 Å². The number of para-hydroxylation sites is 1. The highest BCUT2D eigenvalue weighted by atomic mass is 16.5. The van der Waals surface area contributed by atoms with Gasteiger partial charge in [0.05, 0.1) is 24.2 Å². The minimum Gasteiger partial charge on any atom is -0.466 e. The van der Waals surface area contributed by atoms with Gasteiger partial charge < -0.3 is 15.2 Å². The molecule has 3 unspecified atom stereocenters. The number of carbonyl (C=O) groups excluding carboxylic acids is 1. The fourth-order valence-electron chi connectivity index (χ4n) is 6.08. The van der Waals surface area contributed by atoms with Crippen LogP contribution in [0.25, 0.3) is 0 Å². The number of benzene rings is 1. The Morgan fingerprint density at radius 1 is 1.42 bits per heavy atom. The van der Waals surface area contributed by atoms with Crippen molar-refractivity contribution in [2.75, 3.05) is 25.5 Å². The van der Waals surface area contributed by atoms with E-state index in [4.69, 9.17) is 4.74 Å². The van der Waals surface area contributed by atoms with E-state index in [1.807, 2.05) is 6.07 Å². The molecule has 1 fully saturated rings. The highest BCUT2D eigenvalue weighted by molar-refractivity contribution is 5.94. The van der Waals surface area contributed by atoms with Crippen LogP contribution < -0.4 is 5.32 Å². The van der Waals surface area contributed by atoms with Crippen LogP contribution in [0.15, 0.2) is 47.7 Å². The van der Waals surface area contributed by atoms with Gasteiger partial charge in [-0.25, -0.2) is 4.79 Å². The maximum Gasteiger partial charge on any atom is 0.338 e. The number of hydrogen-bond acceptors (Lipinski definition) is 5. The number of aliphatic hydroxyl groups excluding tert-OH is 1. The Kier molecular flexibility index (Phi) is 3.22. The number of aliphatic hydroxyl groups is 1. The van der Waals surface area contributed by atoms with Gasteiger partial charge in [0, 0.05) is 35.9 Å². The van der Waals surface area contributed by atoms with E-state index in [-0.39, 0.29) is 11.5 Å². The molecule has 0 saturated carbocycles. The number of anilines is 1. The van der Waals surface area contributed by atoms with Crippen molar-refractivity contribution >= 4 is 11.7 Å². The molecule has 3 aliphatic heterocycles. The highest BCUT2D eigenvalue weighted by Gasteiger charge is 2.68. The summed E-state index contributed by atoms with van der Waals surface area (Å²) in [5.41, 5.74) is 2.75. The average molecular weight is 352 g/mol. The monoisotopic (exact) mass is 352 g/mol. The molecule has 3 heterocycles. The summed E-state index contributed by atoms with van der Waals surface area (Å²) in [6.07, 6.45) is 5.13. The van der Waals surface area contributed by atoms with Gasteiger partial charge in [0.1, 0.15) is 0 Å². The smallest absolute Gasteiger partial charge is 0.338 e. The van der Waals surface area contributed by atoms with Gasteiger partial charge in [-0.2, -0.15) is 0 Å². The SMILES string of the molecule is CCC12C=CCN3CCC4(C(=C(C(=O)OC)[C@@H]1O)Nc1ccccc14)C32. The van der Waals surface area contributed by atoms with Crippen molar-refractivity contribution < 1.29 is 14.6 Å². The van der Waals surface area contributed by atoms with Gasteiger partial charge in [-0.1, -0.05) is 37.3 Å². The molecule has 4 atom stereocenters. The lowest BCUT2D eigenvalue weighted by atomic mass is 9.54. The molecule has 5 heteroatoms. The molecule has 26 heavy (non-hydrogen) atoms. The van der Waals surface area contributed by atoms with Crippen molar-refractivity contribution in [3.63, 3.8) is 0 Å². The number of methoxy groups -OCH3 is 1. The fraction of sp³-hybridized carbons (Fsp3) is 0.476. The molecule has 0 radical (unpaired) electrons. The zero-order chi connectivity index (χ0) is 18.1. The maximum absolute atomic E-state index is 12.8. The lowest BCUT2D eigenvalue weighted by Gasteiger charge is -2.55. The third-order valence-corrected chi connectivity index (χ3v) is 7.09. The number of fused-ring (bicyclic) bond motifs is 1. The fourth-order valence-corrected chi connectivity index (χ4v) is 6.08. The lowest BCUT2D eigenvalue weighted by molar-refractivity contribution is -0.139. The average Bonchev–Trinajstić information content (AvgIpc) is 3.22. The van der Waals surface area contributed by atoms with Gasteiger partial charge in [-0.05, 0) is 24.5 Å². The summed E-state index contributed by atoms with van der Waals surface area (Å²) in [6, 6.07) is 8.45. The van der Waals surface area contributed by atoms with Crippen molar-refractivity contribution in [3.8, 4) is 0 Å². The molecule has 136 valence electrons. The lowest BCUT2D eigenvalue weighted by Crippen LogP contribution is -2.63. The molecule has 1 aromatic rings. The topological polar surface area (TPSA) is 61.8 Å². The largest absolute Gasteiger partial charge is 0.466 e. The first-order valence-electron chi connectivity index (χ1n) is 9.39. The standard InChI is InChI=1S/C21H24N2O3/c1-3-20-9-6-11-23-12-10-21(19(20)23)13-7-4-5-8-14(13)22-16(21)15(17(20)24)18(25)26-2/h4-9,17,19,22,24H,3,10-12H2,1-2H3/t17-,19?,20?,21?/m0/s1. The summed E-state index contributed by atoms with van der Waals surface area (Å²) in [5.74, 6) is -0.434. The molecule has 2 N–H and O–H groups in total. The Balaban J connectivity index is 1.87. The molecule has 1 saturated heterocycles. The molecular formula is C21H24N2O3. The summed E-state index contributed by atoms with van der Waals surface area (Å²) in [5, 5.41) is 14.9. The second-order valence-corrected chi connectivity index (χ2v) is 7.84. The third kappa shape index (κ3) is 1.62. The van der Waals surface area contributed by atoms with Gasteiger partial charge in [0.15, 0.2) is 0 Å². The second kappa shape index (κ2) is 5.21. The first-order chi connectivity index (χ1) is 12.6. The van der Waals surface area contributed by atoms with Gasteiger partial charge >= 0.3 is 5.97 Å². The number of ether oxygens (including phenoxy) is 1. The van der Waals surface area contributed by atoms with Crippen molar-refractivity contribution in [2.45, 2.75) is 37.3 Å². The van der Waals surface area contributed by atoms with Crippen LogP contribution in [0.1, 0.15) is 25.3 Å². The normalized spacial score (nSPS) is 37.0. The van der Waals surface area contributed by atoms with Crippen LogP contribution >= 0.6 is 0 Å². The molecule has 0 bridgehead atoms. The Labute approximate surface area is 153 Å².